The van der Waals surface area contributed by atoms with Crippen LogP contribution in [0.3, 0.4) is 0 Å². The first-order chi connectivity index (χ1) is 8.80. The van der Waals surface area contributed by atoms with Crippen LogP contribution in [0.5, 0.6) is 0 Å². The highest BCUT2D eigenvalue weighted by atomic mass is 16.5. The van der Waals surface area contributed by atoms with E-state index >= 15 is 0 Å². The van der Waals surface area contributed by atoms with Crippen LogP contribution in [0.4, 0.5) is 0 Å². The van der Waals surface area contributed by atoms with Crippen molar-refractivity contribution in [3.63, 3.8) is 0 Å². The molecule has 0 heterocycles. The lowest BCUT2D eigenvalue weighted by atomic mass is 9.69. The number of hydrogen-bond acceptors (Lipinski definition) is 2. The van der Waals surface area contributed by atoms with Crippen LogP contribution in [0, 0.1) is 0 Å². The van der Waals surface area contributed by atoms with Gasteiger partial charge < -0.3 is 10.5 Å². The minimum atomic E-state index is 0.237. The molecule has 0 aromatic heterocycles. The summed E-state index contributed by atoms with van der Waals surface area (Å²) in [7, 11) is 1.76. The van der Waals surface area contributed by atoms with E-state index in [4.69, 9.17) is 10.5 Å². The molecular formula is C16H25NO. The van der Waals surface area contributed by atoms with Gasteiger partial charge in [0.05, 0.1) is 6.61 Å². The smallest absolute Gasteiger partial charge is 0.0502 e. The maximum atomic E-state index is 6.10. The summed E-state index contributed by atoms with van der Waals surface area (Å²) in [6.45, 7) is 1.57. The van der Waals surface area contributed by atoms with E-state index in [1.54, 1.807) is 7.11 Å². The molecule has 1 fully saturated rings. The predicted molar refractivity (Wildman–Crippen MR) is 75.8 cm³/mol. The van der Waals surface area contributed by atoms with Crippen molar-refractivity contribution in [2.75, 3.05) is 20.3 Å². The van der Waals surface area contributed by atoms with Gasteiger partial charge >= 0.3 is 0 Å². The molecule has 0 aliphatic heterocycles. The van der Waals surface area contributed by atoms with Crippen molar-refractivity contribution < 1.29 is 4.74 Å². The topological polar surface area (TPSA) is 35.2 Å². The lowest BCUT2D eigenvalue weighted by Gasteiger charge is -2.37. The molecule has 1 aliphatic carbocycles. The number of methoxy groups -OCH3 is 1. The first-order valence-corrected chi connectivity index (χ1v) is 7.09. The summed E-state index contributed by atoms with van der Waals surface area (Å²) in [5, 5.41) is 0. The van der Waals surface area contributed by atoms with E-state index in [0.717, 1.165) is 19.6 Å². The van der Waals surface area contributed by atoms with Gasteiger partial charge in [0, 0.05) is 19.1 Å². The van der Waals surface area contributed by atoms with Crippen LogP contribution >= 0.6 is 0 Å². The second-order valence-corrected chi connectivity index (χ2v) is 5.49. The molecule has 2 N–H and O–H groups in total. The largest absolute Gasteiger partial charge is 0.384 e. The zero-order chi connectivity index (χ0) is 12.8. The van der Waals surface area contributed by atoms with Crippen molar-refractivity contribution in [1.29, 1.82) is 0 Å². The second-order valence-electron chi connectivity index (χ2n) is 5.49. The van der Waals surface area contributed by atoms with Crippen LogP contribution in [0.25, 0.3) is 0 Å². The third-order valence-corrected chi connectivity index (χ3v) is 4.34. The zero-order valence-corrected chi connectivity index (χ0v) is 11.5. The molecule has 1 aromatic carbocycles. The Balaban J connectivity index is 2.19. The first-order valence-electron chi connectivity index (χ1n) is 7.09. The Morgan fingerprint density at radius 1 is 1.22 bits per heavy atom. The molecule has 0 radical (unpaired) electrons. The minimum absolute atomic E-state index is 0.237. The molecule has 0 spiro atoms. The van der Waals surface area contributed by atoms with Gasteiger partial charge in [-0.1, -0.05) is 43.5 Å². The summed E-state index contributed by atoms with van der Waals surface area (Å²) in [4.78, 5) is 0. The Labute approximate surface area is 111 Å². The molecule has 1 aromatic rings. The van der Waals surface area contributed by atoms with E-state index < -0.39 is 0 Å². The van der Waals surface area contributed by atoms with Crippen molar-refractivity contribution in [3.05, 3.63) is 35.4 Å². The molecule has 1 aliphatic rings. The Morgan fingerprint density at radius 3 is 2.67 bits per heavy atom. The van der Waals surface area contributed by atoms with Crippen LogP contribution in [0.15, 0.2) is 24.3 Å². The summed E-state index contributed by atoms with van der Waals surface area (Å²) in [6.07, 6.45) is 7.49. The van der Waals surface area contributed by atoms with Gasteiger partial charge in [0.25, 0.3) is 0 Å². The molecule has 0 unspecified atom stereocenters. The van der Waals surface area contributed by atoms with Gasteiger partial charge in [-0.25, -0.2) is 0 Å². The van der Waals surface area contributed by atoms with Gasteiger partial charge in [-0.2, -0.15) is 0 Å². The standard InChI is InChI=1S/C16H25NO/c1-18-11-8-14-6-5-7-15(12-14)16(13-17)9-3-2-4-10-16/h5-7,12H,2-4,8-11,13,17H2,1H3. The van der Waals surface area contributed by atoms with Crippen LogP contribution in [0.1, 0.15) is 43.2 Å². The van der Waals surface area contributed by atoms with Crippen molar-refractivity contribution >= 4 is 0 Å². The van der Waals surface area contributed by atoms with Crippen LogP contribution < -0.4 is 5.73 Å². The molecule has 2 rings (SSSR count). The number of hydrogen-bond donors (Lipinski definition) is 1. The van der Waals surface area contributed by atoms with Crippen molar-refractivity contribution in [2.24, 2.45) is 5.73 Å². The molecule has 18 heavy (non-hydrogen) atoms. The second kappa shape index (κ2) is 6.35. The highest BCUT2D eigenvalue weighted by Crippen LogP contribution is 2.38. The lowest BCUT2D eigenvalue weighted by Crippen LogP contribution is -2.37. The van der Waals surface area contributed by atoms with E-state index in [1.165, 1.54) is 43.2 Å². The van der Waals surface area contributed by atoms with E-state index in [-0.39, 0.29) is 5.41 Å². The highest BCUT2D eigenvalue weighted by Gasteiger charge is 2.32. The quantitative estimate of drug-likeness (QED) is 0.868. The molecule has 0 saturated heterocycles. The fourth-order valence-electron chi connectivity index (χ4n) is 3.12. The monoisotopic (exact) mass is 247 g/mol. The van der Waals surface area contributed by atoms with Gasteiger partial charge in [-0.3, -0.25) is 0 Å². The normalized spacial score (nSPS) is 18.8. The minimum Gasteiger partial charge on any atom is -0.384 e. The third kappa shape index (κ3) is 2.93. The number of ether oxygens (including phenoxy) is 1. The van der Waals surface area contributed by atoms with Gasteiger partial charge in [-0.15, -0.1) is 0 Å². The maximum Gasteiger partial charge on any atom is 0.0502 e. The first kappa shape index (κ1) is 13.6. The zero-order valence-electron chi connectivity index (χ0n) is 11.5. The molecule has 100 valence electrons. The average molecular weight is 247 g/mol. The molecule has 0 atom stereocenters. The van der Waals surface area contributed by atoms with Gasteiger partial charge in [0.15, 0.2) is 0 Å². The SMILES string of the molecule is COCCc1cccc(C2(CN)CCCCC2)c1. The van der Waals surface area contributed by atoms with E-state index in [0.29, 0.717) is 0 Å². The summed E-state index contributed by atoms with van der Waals surface area (Å²) in [5.74, 6) is 0. The predicted octanol–water partition coefficient (Wildman–Crippen LogP) is 3.04. The van der Waals surface area contributed by atoms with Crippen molar-refractivity contribution in [2.45, 2.75) is 43.9 Å². The van der Waals surface area contributed by atoms with Gasteiger partial charge in [0.2, 0.25) is 0 Å². The van der Waals surface area contributed by atoms with Crippen molar-refractivity contribution in [1.82, 2.24) is 0 Å². The fraction of sp³-hybridized carbons (Fsp3) is 0.625. The molecule has 2 nitrogen and oxygen atoms in total. The van der Waals surface area contributed by atoms with Gasteiger partial charge in [-0.05, 0) is 30.4 Å². The van der Waals surface area contributed by atoms with E-state index in [1.807, 2.05) is 0 Å². The number of benzene rings is 1. The Hall–Kier alpha value is -0.860. The summed E-state index contributed by atoms with van der Waals surface area (Å²) >= 11 is 0. The average Bonchev–Trinajstić information content (AvgIpc) is 2.46. The van der Waals surface area contributed by atoms with E-state index in [2.05, 4.69) is 24.3 Å². The Morgan fingerprint density at radius 2 is 2.00 bits per heavy atom. The van der Waals surface area contributed by atoms with Crippen LogP contribution in [-0.2, 0) is 16.6 Å². The summed E-state index contributed by atoms with van der Waals surface area (Å²) in [5.41, 5.74) is 9.14. The molecule has 0 amide bonds. The maximum absolute atomic E-state index is 6.10. The Kier molecular flexibility index (Phi) is 4.79. The molecule has 0 bridgehead atoms. The molecule has 1 saturated carbocycles. The van der Waals surface area contributed by atoms with Crippen LogP contribution in [-0.4, -0.2) is 20.3 Å². The Bertz CT molecular complexity index is 369. The van der Waals surface area contributed by atoms with E-state index in [9.17, 15) is 0 Å². The fourth-order valence-corrected chi connectivity index (χ4v) is 3.12. The number of rotatable bonds is 5. The highest BCUT2D eigenvalue weighted by molar-refractivity contribution is 5.31. The lowest BCUT2D eigenvalue weighted by molar-refractivity contribution is 0.202. The number of nitrogens with two attached hydrogens (primary N) is 1. The summed E-state index contributed by atoms with van der Waals surface area (Å²) in [6, 6.07) is 8.97. The van der Waals surface area contributed by atoms with Crippen LogP contribution in [0.2, 0.25) is 0 Å². The van der Waals surface area contributed by atoms with Gasteiger partial charge in [0.1, 0.15) is 0 Å². The molecule has 2 heteroatoms. The van der Waals surface area contributed by atoms with Crippen molar-refractivity contribution in [3.8, 4) is 0 Å². The molecular weight excluding hydrogens is 222 g/mol. The summed E-state index contributed by atoms with van der Waals surface area (Å²) < 4.78 is 5.16. The third-order valence-electron chi connectivity index (χ3n) is 4.34.